The molecule has 0 spiro atoms. The van der Waals surface area contributed by atoms with E-state index in [1.165, 1.54) is 17.0 Å². The third-order valence-electron chi connectivity index (χ3n) is 3.46. The molecule has 1 aromatic rings. The standard InChI is InChI=1S/C15H16FIN2O4/c1-2-23-15(22)14(21)19-7-5-18(6-8-19)13(20)11-9-10(16)3-4-12(11)17/h3-4,9H,2,5-8H2,1H3. The number of carbonyl (C=O) groups excluding carboxylic acids is 3. The van der Waals surface area contributed by atoms with Gasteiger partial charge in [0.15, 0.2) is 0 Å². The average Bonchev–Trinajstić information content (AvgIpc) is 2.56. The maximum absolute atomic E-state index is 13.3. The van der Waals surface area contributed by atoms with E-state index in [0.717, 1.165) is 0 Å². The fourth-order valence-corrected chi connectivity index (χ4v) is 2.83. The van der Waals surface area contributed by atoms with Crippen molar-refractivity contribution in [2.45, 2.75) is 6.92 Å². The Hall–Kier alpha value is -1.71. The number of benzene rings is 1. The molecule has 1 heterocycles. The van der Waals surface area contributed by atoms with Gasteiger partial charge in [-0.2, -0.15) is 0 Å². The summed E-state index contributed by atoms with van der Waals surface area (Å²) in [5.41, 5.74) is 0.302. The summed E-state index contributed by atoms with van der Waals surface area (Å²) in [6.07, 6.45) is 0. The first-order valence-electron chi connectivity index (χ1n) is 7.14. The predicted octanol–water partition coefficient (Wildman–Crippen LogP) is 1.28. The molecule has 6 nitrogen and oxygen atoms in total. The van der Waals surface area contributed by atoms with Crippen molar-refractivity contribution in [2.75, 3.05) is 32.8 Å². The molecule has 0 radical (unpaired) electrons. The minimum Gasteiger partial charge on any atom is -0.459 e. The van der Waals surface area contributed by atoms with Crippen LogP contribution < -0.4 is 0 Å². The number of nitrogens with zero attached hydrogens (tertiary/aromatic N) is 2. The Labute approximate surface area is 146 Å². The Morgan fingerprint density at radius 3 is 2.39 bits per heavy atom. The molecule has 1 saturated heterocycles. The highest BCUT2D eigenvalue weighted by atomic mass is 127. The highest BCUT2D eigenvalue weighted by Crippen LogP contribution is 2.17. The quantitative estimate of drug-likeness (QED) is 0.400. The third kappa shape index (κ3) is 4.18. The van der Waals surface area contributed by atoms with Crippen LogP contribution in [-0.2, 0) is 14.3 Å². The van der Waals surface area contributed by atoms with Crippen LogP contribution in [0.5, 0.6) is 0 Å². The summed E-state index contributed by atoms with van der Waals surface area (Å²) >= 11 is 1.98. The van der Waals surface area contributed by atoms with Crippen molar-refractivity contribution in [1.82, 2.24) is 9.80 Å². The topological polar surface area (TPSA) is 66.9 Å². The molecule has 1 aromatic carbocycles. The molecule has 0 bridgehead atoms. The second-order valence-corrected chi connectivity index (χ2v) is 6.09. The second kappa shape index (κ2) is 7.71. The van der Waals surface area contributed by atoms with Crippen LogP contribution in [0, 0.1) is 9.39 Å². The van der Waals surface area contributed by atoms with Crippen LogP contribution in [0.2, 0.25) is 0 Å². The summed E-state index contributed by atoms with van der Waals surface area (Å²) in [7, 11) is 0. The molecule has 0 unspecified atom stereocenters. The molecule has 0 saturated carbocycles. The van der Waals surface area contributed by atoms with E-state index in [2.05, 4.69) is 4.74 Å². The molecular weight excluding hydrogens is 418 g/mol. The van der Waals surface area contributed by atoms with Gasteiger partial charge in [0.25, 0.3) is 5.91 Å². The lowest BCUT2D eigenvalue weighted by Crippen LogP contribution is -2.52. The van der Waals surface area contributed by atoms with Gasteiger partial charge in [-0.15, -0.1) is 0 Å². The summed E-state index contributed by atoms with van der Waals surface area (Å²) in [5, 5.41) is 0. The van der Waals surface area contributed by atoms with E-state index in [1.54, 1.807) is 17.9 Å². The Kier molecular flexibility index (Phi) is 5.91. The van der Waals surface area contributed by atoms with Gasteiger partial charge in [0.05, 0.1) is 12.2 Å². The van der Waals surface area contributed by atoms with Crippen molar-refractivity contribution >= 4 is 40.4 Å². The van der Waals surface area contributed by atoms with E-state index in [4.69, 9.17) is 0 Å². The van der Waals surface area contributed by atoms with E-state index in [9.17, 15) is 18.8 Å². The molecule has 0 aliphatic carbocycles. The molecule has 23 heavy (non-hydrogen) atoms. The maximum Gasteiger partial charge on any atom is 0.397 e. The van der Waals surface area contributed by atoms with Crippen LogP contribution in [0.4, 0.5) is 4.39 Å². The van der Waals surface area contributed by atoms with E-state index < -0.39 is 17.7 Å². The van der Waals surface area contributed by atoms with Crippen molar-refractivity contribution < 1.29 is 23.5 Å². The number of hydrogen-bond acceptors (Lipinski definition) is 4. The third-order valence-corrected chi connectivity index (χ3v) is 4.40. The number of hydrogen-bond donors (Lipinski definition) is 0. The minimum absolute atomic E-state index is 0.140. The average molecular weight is 434 g/mol. The fourth-order valence-electron chi connectivity index (χ4n) is 2.27. The van der Waals surface area contributed by atoms with Crippen LogP contribution in [0.1, 0.15) is 17.3 Å². The summed E-state index contributed by atoms with van der Waals surface area (Å²) in [6.45, 7) is 2.83. The van der Waals surface area contributed by atoms with Crippen molar-refractivity contribution in [2.24, 2.45) is 0 Å². The van der Waals surface area contributed by atoms with Crippen molar-refractivity contribution in [3.8, 4) is 0 Å². The van der Waals surface area contributed by atoms with E-state index in [1.807, 2.05) is 22.6 Å². The first-order chi connectivity index (χ1) is 10.9. The molecule has 2 rings (SSSR count). The predicted molar refractivity (Wildman–Crippen MR) is 88.2 cm³/mol. The zero-order valence-corrected chi connectivity index (χ0v) is 14.7. The van der Waals surface area contributed by atoms with E-state index in [-0.39, 0.29) is 38.7 Å². The largest absolute Gasteiger partial charge is 0.459 e. The summed E-state index contributed by atoms with van der Waals surface area (Å²) < 4.78 is 18.7. The van der Waals surface area contributed by atoms with Crippen molar-refractivity contribution in [1.29, 1.82) is 0 Å². The Bertz CT molecular complexity index is 630. The summed E-state index contributed by atoms with van der Waals surface area (Å²) in [6, 6.07) is 4.05. The highest BCUT2D eigenvalue weighted by Gasteiger charge is 2.29. The van der Waals surface area contributed by atoms with Gasteiger partial charge < -0.3 is 14.5 Å². The molecule has 0 aromatic heterocycles. The van der Waals surface area contributed by atoms with Gasteiger partial charge in [-0.3, -0.25) is 9.59 Å². The highest BCUT2D eigenvalue weighted by molar-refractivity contribution is 14.1. The second-order valence-electron chi connectivity index (χ2n) is 4.93. The van der Waals surface area contributed by atoms with Gasteiger partial charge in [0.2, 0.25) is 0 Å². The Balaban J connectivity index is 1.99. The Morgan fingerprint density at radius 1 is 1.17 bits per heavy atom. The molecule has 8 heteroatoms. The van der Waals surface area contributed by atoms with Crippen molar-refractivity contribution in [3.05, 3.63) is 33.1 Å². The van der Waals surface area contributed by atoms with Gasteiger partial charge in [0, 0.05) is 29.7 Å². The molecule has 0 atom stereocenters. The van der Waals surface area contributed by atoms with Crippen LogP contribution in [0.15, 0.2) is 18.2 Å². The van der Waals surface area contributed by atoms with Crippen LogP contribution in [0.25, 0.3) is 0 Å². The van der Waals surface area contributed by atoms with Crippen LogP contribution in [-0.4, -0.2) is 60.4 Å². The van der Waals surface area contributed by atoms with Crippen LogP contribution in [0.3, 0.4) is 0 Å². The summed E-state index contributed by atoms with van der Waals surface area (Å²) in [5.74, 6) is -2.33. The molecule has 1 aliphatic heterocycles. The van der Waals surface area contributed by atoms with Gasteiger partial charge >= 0.3 is 11.9 Å². The molecule has 1 aliphatic rings. The minimum atomic E-state index is -0.882. The summed E-state index contributed by atoms with van der Waals surface area (Å²) in [4.78, 5) is 38.6. The fraction of sp³-hybridized carbons (Fsp3) is 0.400. The van der Waals surface area contributed by atoms with Gasteiger partial charge in [-0.1, -0.05) is 0 Å². The monoisotopic (exact) mass is 434 g/mol. The maximum atomic E-state index is 13.3. The number of rotatable bonds is 2. The molecule has 124 valence electrons. The number of esters is 1. The van der Waals surface area contributed by atoms with Crippen LogP contribution >= 0.6 is 22.6 Å². The lowest BCUT2D eigenvalue weighted by molar-refractivity contribution is -0.160. The van der Waals surface area contributed by atoms with Gasteiger partial charge in [0.1, 0.15) is 5.82 Å². The van der Waals surface area contributed by atoms with Gasteiger partial charge in [-0.25, -0.2) is 9.18 Å². The lowest BCUT2D eigenvalue weighted by Gasteiger charge is -2.34. The molecular formula is C15H16FIN2O4. The smallest absolute Gasteiger partial charge is 0.397 e. The zero-order chi connectivity index (χ0) is 17.0. The van der Waals surface area contributed by atoms with Crippen molar-refractivity contribution in [3.63, 3.8) is 0 Å². The lowest BCUT2D eigenvalue weighted by atomic mass is 10.1. The molecule has 2 amide bonds. The number of ether oxygens (including phenoxy) is 1. The van der Waals surface area contributed by atoms with Gasteiger partial charge in [-0.05, 0) is 47.7 Å². The number of halogens is 2. The normalized spacial score (nSPS) is 14.6. The zero-order valence-electron chi connectivity index (χ0n) is 12.6. The van der Waals surface area contributed by atoms with E-state index >= 15 is 0 Å². The first-order valence-corrected chi connectivity index (χ1v) is 8.22. The molecule has 1 fully saturated rings. The first kappa shape index (κ1) is 17.6. The number of amides is 2. The SMILES string of the molecule is CCOC(=O)C(=O)N1CCN(C(=O)c2cc(F)ccc2I)CC1. The van der Waals surface area contributed by atoms with E-state index in [0.29, 0.717) is 9.13 Å². The number of carbonyl (C=O) groups is 3. The Morgan fingerprint density at radius 2 is 1.78 bits per heavy atom. The number of piperazine rings is 1. The molecule has 0 N–H and O–H groups in total.